The Morgan fingerprint density at radius 2 is 2.05 bits per heavy atom. The monoisotopic (exact) mass is 305 g/mol. The summed E-state index contributed by atoms with van der Waals surface area (Å²) in [4.78, 5) is 4.20. The molecule has 3 N–H and O–H groups in total. The van der Waals surface area contributed by atoms with Crippen molar-refractivity contribution in [3.63, 3.8) is 0 Å². The Bertz CT molecular complexity index is 437. The molecular weight excluding hydrogens is 283 g/mol. The van der Waals surface area contributed by atoms with E-state index in [1.165, 1.54) is 6.33 Å². The fourth-order valence-electron chi connectivity index (χ4n) is 3.12. The fourth-order valence-corrected chi connectivity index (χ4v) is 3.12. The summed E-state index contributed by atoms with van der Waals surface area (Å²) in [6.07, 6.45) is -0.532. The number of nitrogens with zero attached hydrogens (tertiary/aromatic N) is 3. The van der Waals surface area contributed by atoms with Gasteiger partial charge >= 0.3 is 6.18 Å². The highest BCUT2D eigenvalue weighted by molar-refractivity contribution is 4.93. The minimum atomic E-state index is -4.07. The number of aromatic nitrogens is 3. The van der Waals surface area contributed by atoms with Crippen LogP contribution in [-0.2, 0) is 13.0 Å². The van der Waals surface area contributed by atoms with Crippen molar-refractivity contribution in [3.8, 4) is 0 Å². The van der Waals surface area contributed by atoms with Crippen LogP contribution in [0.2, 0.25) is 0 Å². The maximum Gasteiger partial charge on any atom is 0.391 e. The normalized spacial score (nSPS) is 25.0. The smallest absolute Gasteiger partial charge is 0.271 e. The number of aryl methyl sites for hydroxylation is 1. The molecule has 2 rings (SSSR count). The lowest BCUT2D eigenvalue weighted by atomic mass is 9.77. The lowest BCUT2D eigenvalue weighted by molar-refractivity contribution is -0.184. The van der Waals surface area contributed by atoms with Crippen LogP contribution in [0.5, 0.6) is 0 Å². The van der Waals surface area contributed by atoms with Gasteiger partial charge < -0.3 is 0 Å². The molecule has 1 fully saturated rings. The molecule has 0 saturated heterocycles. The molecule has 0 amide bonds. The molecule has 1 aliphatic carbocycles. The Kier molecular flexibility index (Phi) is 5.21. The standard InChI is InChI=1S/C13H22F3N5/c1-2-21-12(18-8-19-21)7-11(20-17)9-3-5-10(6-4-9)13(14,15)16/h8-11,20H,2-7,17H2,1H3. The average Bonchev–Trinajstić information content (AvgIpc) is 2.91. The zero-order chi connectivity index (χ0) is 15.5. The van der Waals surface area contributed by atoms with Crippen LogP contribution in [0.15, 0.2) is 6.33 Å². The van der Waals surface area contributed by atoms with Crippen LogP contribution in [0, 0.1) is 11.8 Å². The van der Waals surface area contributed by atoms with Crippen molar-refractivity contribution < 1.29 is 13.2 Å². The number of hydrazine groups is 1. The first kappa shape index (κ1) is 16.2. The van der Waals surface area contributed by atoms with E-state index in [-0.39, 0.29) is 24.8 Å². The van der Waals surface area contributed by atoms with Gasteiger partial charge in [-0.05, 0) is 38.5 Å². The molecule has 8 heteroatoms. The summed E-state index contributed by atoms with van der Waals surface area (Å²) in [5.74, 6) is 5.41. The lowest BCUT2D eigenvalue weighted by Crippen LogP contribution is -2.45. The molecular formula is C13H22F3N5. The Morgan fingerprint density at radius 1 is 1.38 bits per heavy atom. The third-order valence-electron chi connectivity index (χ3n) is 4.42. The maximum atomic E-state index is 12.7. The van der Waals surface area contributed by atoms with E-state index in [0.29, 0.717) is 25.8 Å². The summed E-state index contributed by atoms with van der Waals surface area (Å²) in [5, 5.41) is 4.10. The molecule has 0 radical (unpaired) electrons. The summed E-state index contributed by atoms with van der Waals surface area (Å²) in [6, 6.07) is -0.0614. The number of hydrogen-bond donors (Lipinski definition) is 2. The highest BCUT2D eigenvalue weighted by Gasteiger charge is 2.42. The van der Waals surface area contributed by atoms with E-state index in [1.807, 2.05) is 6.92 Å². The Hall–Kier alpha value is -1.15. The minimum Gasteiger partial charge on any atom is -0.271 e. The minimum absolute atomic E-state index is 0.0614. The molecule has 21 heavy (non-hydrogen) atoms. The molecule has 1 aliphatic rings. The number of halogens is 3. The van der Waals surface area contributed by atoms with Crippen molar-refractivity contribution in [1.82, 2.24) is 20.2 Å². The van der Waals surface area contributed by atoms with Crippen LogP contribution in [0.3, 0.4) is 0 Å². The van der Waals surface area contributed by atoms with Crippen LogP contribution >= 0.6 is 0 Å². The van der Waals surface area contributed by atoms with Gasteiger partial charge in [0.05, 0.1) is 5.92 Å². The topological polar surface area (TPSA) is 68.8 Å². The summed E-state index contributed by atoms with van der Waals surface area (Å²) < 4.78 is 39.9. The predicted molar refractivity (Wildman–Crippen MR) is 72.0 cm³/mol. The summed E-state index contributed by atoms with van der Waals surface area (Å²) in [7, 11) is 0. The maximum absolute atomic E-state index is 12.7. The summed E-state index contributed by atoms with van der Waals surface area (Å²) in [6.45, 7) is 2.69. The van der Waals surface area contributed by atoms with Crippen molar-refractivity contribution in [1.29, 1.82) is 0 Å². The van der Waals surface area contributed by atoms with E-state index in [4.69, 9.17) is 5.84 Å². The van der Waals surface area contributed by atoms with Gasteiger partial charge in [0, 0.05) is 19.0 Å². The highest BCUT2D eigenvalue weighted by atomic mass is 19.4. The van der Waals surface area contributed by atoms with E-state index in [9.17, 15) is 13.2 Å². The third-order valence-corrected chi connectivity index (χ3v) is 4.42. The zero-order valence-electron chi connectivity index (χ0n) is 12.1. The number of hydrogen-bond acceptors (Lipinski definition) is 4. The predicted octanol–water partition coefficient (Wildman–Crippen LogP) is 2.04. The second-order valence-electron chi connectivity index (χ2n) is 5.62. The molecule has 0 aromatic carbocycles. The molecule has 1 aromatic heterocycles. The Morgan fingerprint density at radius 3 is 2.57 bits per heavy atom. The van der Waals surface area contributed by atoms with Crippen molar-refractivity contribution in [3.05, 3.63) is 12.2 Å². The van der Waals surface area contributed by atoms with Gasteiger partial charge in [-0.2, -0.15) is 18.3 Å². The van der Waals surface area contributed by atoms with Gasteiger partial charge in [0.25, 0.3) is 0 Å². The van der Waals surface area contributed by atoms with E-state index in [0.717, 1.165) is 5.82 Å². The number of rotatable bonds is 5. The molecule has 5 nitrogen and oxygen atoms in total. The highest BCUT2D eigenvalue weighted by Crippen LogP contribution is 2.40. The van der Waals surface area contributed by atoms with Crippen LogP contribution in [-0.4, -0.2) is 27.0 Å². The molecule has 0 bridgehead atoms. The largest absolute Gasteiger partial charge is 0.391 e. The van der Waals surface area contributed by atoms with E-state index in [2.05, 4.69) is 15.5 Å². The number of nitrogens with two attached hydrogens (primary N) is 1. The number of alkyl halides is 3. The van der Waals surface area contributed by atoms with E-state index in [1.54, 1.807) is 4.68 Å². The molecule has 1 aromatic rings. The quantitative estimate of drug-likeness (QED) is 0.645. The van der Waals surface area contributed by atoms with Crippen molar-refractivity contribution in [2.75, 3.05) is 0 Å². The van der Waals surface area contributed by atoms with Gasteiger partial charge in [0.15, 0.2) is 0 Å². The first-order valence-corrected chi connectivity index (χ1v) is 7.35. The summed E-state index contributed by atoms with van der Waals surface area (Å²) >= 11 is 0. The first-order chi connectivity index (χ1) is 9.95. The average molecular weight is 305 g/mol. The van der Waals surface area contributed by atoms with Crippen molar-refractivity contribution in [2.24, 2.45) is 17.7 Å². The molecule has 1 unspecified atom stereocenters. The van der Waals surface area contributed by atoms with Crippen LogP contribution in [0.4, 0.5) is 13.2 Å². The molecule has 1 atom stereocenters. The second kappa shape index (κ2) is 6.74. The molecule has 0 spiro atoms. The lowest BCUT2D eigenvalue weighted by Gasteiger charge is -2.34. The van der Waals surface area contributed by atoms with E-state index >= 15 is 0 Å². The number of nitrogens with one attached hydrogen (secondary N) is 1. The van der Waals surface area contributed by atoms with Gasteiger partial charge in [0.2, 0.25) is 0 Å². The molecule has 1 heterocycles. The first-order valence-electron chi connectivity index (χ1n) is 7.35. The van der Waals surface area contributed by atoms with Crippen LogP contribution < -0.4 is 11.3 Å². The van der Waals surface area contributed by atoms with Crippen molar-refractivity contribution >= 4 is 0 Å². The zero-order valence-corrected chi connectivity index (χ0v) is 12.1. The van der Waals surface area contributed by atoms with Crippen LogP contribution in [0.25, 0.3) is 0 Å². The van der Waals surface area contributed by atoms with Crippen LogP contribution in [0.1, 0.15) is 38.4 Å². The Balaban J connectivity index is 1.94. The second-order valence-corrected chi connectivity index (χ2v) is 5.62. The van der Waals surface area contributed by atoms with Gasteiger partial charge in [-0.15, -0.1) is 0 Å². The van der Waals surface area contributed by atoms with E-state index < -0.39 is 12.1 Å². The van der Waals surface area contributed by atoms with Gasteiger partial charge in [0.1, 0.15) is 12.2 Å². The van der Waals surface area contributed by atoms with Crippen molar-refractivity contribution in [2.45, 2.75) is 57.8 Å². The fraction of sp³-hybridized carbons (Fsp3) is 0.846. The SMILES string of the molecule is CCn1ncnc1CC(NN)C1CCC(C(F)(F)F)CC1. The summed E-state index contributed by atoms with van der Waals surface area (Å²) in [5.41, 5.74) is 2.75. The van der Waals surface area contributed by atoms with Gasteiger partial charge in [-0.25, -0.2) is 4.98 Å². The molecule has 0 aliphatic heterocycles. The Labute approximate surface area is 122 Å². The molecule has 120 valence electrons. The molecule has 1 saturated carbocycles. The van der Waals surface area contributed by atoms with Gasteiger partial charge in [-0.3, -0.25) is 16.0 Å². The van der Waals surface area contributed by atoms with Gasteiger partial charge in [-0.1, -0.05) is 0 Å². The third kappa shape index (κ3) is 3.94.